The lowest BCUT2D eigenvalue weighted by atomic mass is 9.90. The molecule has 25 heavy (non-hydrogen) atoms. The van der Waals surface area contributed by atoms with Gasteiger partial charge in [-0.3, -0.25) is 4.79 Å². The number of carbonyl (C=O) groups is 1. The van der Waals surface area contributed by atoms with E-state index in [4.69, 9.17) is 4.42 Å². The lowest BCUT2D eigenvalue weighted by Crippen LogP contribution is -2.51. The van der Waals surface area contributed by atoms with Crippen LogP contribution in [-0.4, -0.2) is 31.5 Å². The summed E-state index contributed by atoms with van der Waals surface area (Å²) in [5.74, 6) is 1.25. The second-order valence-electron chi connectivity index (χ2n) is 6.47. The summed E-state index contributed by atoms with van der Waals surface area (Å²) >= 11 is 1.30. The van der Waals surface area contributed by atoms with Crippen molar-refractivity contribution >= 4 is 17.7 Å². The van der Waals surface area contributed by atoms with Gasteiger partial charge in [0.1, 0.15) is 11.3 Å². The number of hydrogen-bond acceptors (Lipinski definition) is 6. The molecule has 1 amide bonds. The minimum Gasteiger partial charge on any atom is -0.469 e. The van der Waals surface area contributed by atoms with Crippen LogP contribution in [0.1, 0.15) is 33.5 Å². The Morgan fingerprint density at radius 2 is 2.12 bits per heavy atom. The van der Waals surface area contributed by atoms with Crippen molar-refractivity contribution in [2.24, 2.45) is 13.0 Å². The first-order valence-electron chi connectivity index (χ1n) is 8.03. The maximum atomic E-state index is 12.5. The van der Waals surface area contributed by atoms with Crippen LogP contribution in [0, 0.1) is 24.2 Å². The van der Waals surface area contributed by atoms with Crippen molar-refractivity contribution in [3.05, 3.63) is 18.1 Å². The number of aromatic nitrogens is 3. The highest BCUT2D eigenvalue weighted by Crippen LogP contribution is 2.28. The summed E-state index contributed by atoms with van der Waals surface area (Å²) in [5.41, 5.74) is -0.0268. The van der Waals surface area contributed by atoms with Gasteiger partial charge in [0, 0.05) is 7.05 Å². The van der Waals surface area contributed by atoms with Crippen LogP contribution < -0.4 is 5.32 Å². The molecule has 0 bridgehead atoms. The van der Waals surface area contributed by atoms with E-state index in [1.165, 1.54) is 11.8 Å². The van der Waals surface area contributed by atoms with Crippen LogP contribution in [-0.2, 0) is 11.8 Å². The summed E-state index contributed by atoms with van der Waals surface area (Å²) in [6.07, 6.45) is 1.61. The molecule has 2 heterocycles. The van der Waals surface area contributed by atoms with E-state index in [-0.39, 0.29) is 11.8 Å². The second-order valence-corrected chi connectivity index (χ2v) is 7.78. The molecule has 0 spiro atoms. The van der Waals surface area contributed by atoms with Crippen LogP contribution in [0.3, 0.4) is 0 Å². The lowest BCUT2D eigenvalue weighted by Gasteiger charge is -2.28. The predicted octanol–water partition coefficient (Wildman–Crippen LogP) is 2.92. The van der Waals surface area contributed by atoms with Gasteiger partial charge in [0.05, 0.1) is 23.1 Å². The molecule has 8 heteroatoms. The number of nitrogens with one attached hydrogen (secondary N) is 1. The van der Waals surface area contributed by atoms with Crippen LogP contribution in [0.25, 0.3) is 11.4 Å². The fraction of sp³-hybridized carbons (Fsp3) is 0.529. The van der Waals surface area contributed by atoms with Crippen molar-refractivity contribution in [2.75, 3.05) is 0 Å². The van der Waals surface area contributed by atoms with E-state index in [1.54, 1.807) is 20.1 Å². The number of carbonyl (C=O) groups excluding carboxylic acids is 1. The van der Waals surface area contributed by atoms with E-state index in [1.807, 2.05) is 38.5 Å². The van der Waals surface area contributed by atoms with Crippen LogP contribution in [0.5, 0.6) is 0 Å². The Bertz CT molecular complexity index is 804. The fourth-order valence-electron chi connectivity index (χ4n) is 2.14. The smallest absolute Gasteiger partial charge is 0.234 e. The van der Waals surface area contributed by atoms with Gasteiger partial charge in [0.25, 0.3) is 0 Å². The van der Waals surface area contributed by atoms with E-state index in [2.05, 4.69) is 21.6 Å². The number of nitriles is 1. The normalized spacial score (nSPS) is 14.8. The molecule has 0 aliphatic rings. The zero-order chi connectivity index (χ0) is 18.8. The third-order valence-electron chi connectivity index (χ3n) is 4.36. The molecule has 2 atom stereocenters. The molecular weight excluding hydrogens is 338 g/mol. The third kappa shape index (κ3) is 3.87. The van der Waals surface area contributed by atoms with E-state index < -0.39 is 10.8 Å². The summed E-state index contributed by atoms with van der Waals surface area (Å²) in [6.45, 7) is 9.19. The Labute approximate surface area is 151 Å². The number of hydrogen-bond donors (Lipinski definition) is 1. The van der Waals surface area contributed by atoms with Crippen LogP contribution in [0.4, 0.5) is 0 Å². The Hall–Kier alpha value is -2.27. The van der Waals surface area contributed by atoms with Gasteiger partial charge in [-0.05, 0) is 32.8 Å². The van der Waals surface area contributed by atoms with Gasteiger partial charge < -0.3 is 14.3 Å². The highest BCUT2D eigenvalue weighted by molar-refractivity contribution is 8.00. The van der Waals surface area contributed by atoms with Crippen molar-refractivity contribution < 1.29 is 9.21 Å². The standard InChI is InChI=1S/C17H23N5O2S/c1-10(2)17(5,9-18)19-15(23)12(4)25-16-21-20-14(22(16)6)13-7-8-24-11(13)3/h7-8,10,12H,1-6H3,(H,19,23)/t12-,17-/m1/s1. The average molecular weight is 361 g/mol. The molecule has 0 aromatic carbocycles. The second kappa shape index (κ2) is 7.31. The predicted molar refractivity (Wildman–Crippen MR) is 95.8 cm³/mol. The number of nitrogens with zero attached hydrogens (tertiary/aromatic N) is 4. The minimum atomic E-state index is -0.898. The number of furan rings is 1. The molecule has 0 saturated heterocycles. The van der Waals surface area contributed by atoms with Crippen molar-refractivity contribution in [2.45, 2.75) is 50.6 Å². The van der Waals surface area contributed by atoms with Gasteiger partial charge >= 0.3 is 0 Å². The average Bonchev–Trinajstić information content (AvgIpc) is 3.13. The van der Waals surface area contributed by atoms with Crippen molar-refractivity contribution in [1.29, 1.82) is 5.26 Å². The van der Waals surface area contributed by atoms with Gasteiger partial charge in [-0.1, -0.05) is 25.6 Å². The van der Waals surface area contributed by atoms with E-state index >= 15 is 0 Å². The molecule has 0 aliphatic carbocycles. The zero-order valence-electron chi connectivity index (χ0n) is 15.3. The maximum Gasteiger partial charge on any atom is 0.234 e. The first kappa shape index (κ1) is 19.1. The van der Waals surface area contributed by atoms with Gasteiger partial charge in [0.15, 0.2) is 11.0 Å². The molecule has 0 fully saturated rings. The van der Waals surface area contributed by atoms with Crippen molar-refractivity contribution in [3.63, 3.8) is 0 Å². The number of amides is 1. The molecular formula is C17H23N5O2S. The van der Waals surface area contributed by atoms with E-state index in [0.29, 0.717) is 11.0 Å². The van der Waals surface area contributed by atoms with E-state index in [0.717, 1.165) is 11.3 Å². The number of rotatable bonds is 6. The van der Waals surface area contributed by atoms with Crippen LogP contribution in [0.15, 0.2) is 21.9 Å². The highest BCUT2D eigenvalue weighted by atomic mass is 32.2. The molecule has 0 aliphatic heterocycles. The molecule has 7 nitrogen and oxygen atoms in total. The van der Waals surface area contributed by atoms with Gasteiger partial charge in [-0.25, -0.2) is 0 Å². The zero-order valence-corrected chi connectivity index (χ0v) is 16.1. The molecule has 0 unspecified atom stereocenters. The Morgan fingerprint density at radius 3 is 2.64 bits per heavy atom. The highest BCUT2D eigenvalue weighted by Gasteiger charge is 2.32. The quantitative estimate of drug-likeness (QED) is 0.795. The Balaban J connectivity index is 2.13. The summed E-state index contributed by atoms with van der Waals surface area (Å²) in [7, 11) is 1.85. The van der Waals surface area contributed by atoms with Crippen molar-refractivity contribution in [1.82, 2.24) is 20.1 Å². The minimum absolute atomic E-state index is 0.00384. The van der Waals surface area contributed by atoms with E-state index in [9.17, 15) is 10.1 Å². The molecule has 2 aromatic heterocycles. The lowest BCUT2D eigenvalue weighted by molar-refractivity contribution is -0.121. The van der Waals surface area contributed by atoms with Gasteiger partial charge in [-0.15, -0.1) is 10.2 Å². The first-order chi connectivity index (χ1) is 11.7. The molecule has 0 saturated carbocycles. The first-order valence-corrected chi connectivity index (χ1v) is 8.91. The molecule has 1 N–H and O–H groups in total. The van der Waals surface area contributed by atoms with Crippen LogP contribution in [0.2, 0.25) is 0 Å². The van der Waals surface area contributed by atoms with Gasteiger partial charge in [0.2, 0.25) is 5.91 Å². The third-order valence-corrected chi connectivity index (χ3v) is 5.49. The Kier molecular flexibility index (Phi) is 5.58. The monoisotopic (exact) mass is 361 g/mol. The molecule has 134 valence electrons. The van der Waals surface area contributed by atoms with Gasteiger partial charge in [-0.2, -0.15) is 5.26 Å². The largest absolute Gasteiger partial charge is 0.469 e. The van der Waals surface area contributed by atoms with Crippen molar-refractivity contribution in [3.8, 4) is 17.5 Å². The maximum absolute atomic E-state index is 12.5. The molecule has 2 aromatic rings. The summed E-state index contributed by atoms with van der Waals surface area (Å²) in [5, 5.41) is 20.8. The molecule has 2 rings (SSSR count). The summed E-state index contributed by atoms with van der Waals surface area (Å²) < 4.78 is 7.14. The Morgan fingerprint density at radius 1 is 1.44 bits per heavy atom. The topological polar surface area (TPSA) is 96.7 Å². The fourth-order valence-corrected chi connectivity index (χ4v) is 2.95. The molecule has 0 radical (unpaired) electrons. The SMILES string of the molecule is Cc1occc1-c1nnc(S[C@H](C)C(=O)N[C@](C)(C#N)C(C)C)n1C. The number of thioether (sulfide) groups is 1. The van der Waals surface area contributed by atoms with Crippen LogP contribution >= 0.6 is 11.8 Å². The number of aryl methyl sites for hydroxylation is 1. The summed E-state index contributed by atoms with van der Waals surface area (Å²) in [6, 6.07) is 4.02. The summed E-state index contributed by atoms with van der Waals surface area (Å²) in [4.78, 5) is 12.5.